The average Bonchev–Trinajstić information content (AvgIpc) is 3.02. The lowest BCUT2D eigenvalue weighted by atomic mass is 9.91. The molecule has 0 radical (unpaired) electrons. The van der Waals surface area contributed by atoms with Crippen LogP contribution >= 0.6 is 11.6 Å². The number of benzene rings is 1. The smallest absolute Gasteiger partial charge is 0.246 e. The first-order valence-electron chi connectivity index (χ1n) is 10.8. The van der Waals surface area contributed by atoms with E-state index in [9.17, 15) is 8.42 Å². The Morgan fingerprint density at radius 1 is 1.20 bits per heavy atom. The van der Waals surface area contributed by atoms with Gasteiger partial charge in [-0.3, -0.25) is 5.10 Å². The molecule has 1 fully saturated rings. The second-order valence-electron chi connectivity index (χ2n) is 8.26. The first-order chi connectivity index (χ1) is 14.5. The van der Waals surface area contributed by atoms with E-state index < -0.39 is 10.0 Å². The van der Waals surface area contributed by atoms with Gasteiger partial charge in [0.25, 0.3) is 0 Å². The van der Waals surface area contributed by atoms with Crippen LogP contribution in [0.25, 0.3) is 6.08 Å². The van der Waals surface area contributed by atoms with Crippen LogP contribution in [0.4, 0.5) is 0 Å². The summed E-state index contributed by atoms with van der Waals surface area (Å²) in [6.45, 7) is 1.52. The fourth-order valence-corrected chi connectivity index (χ4v) is 5.59. The highest BCUT2D eigenvalue weighted by Gasteiger charge is 2.24. The molecule has 2 N–H and O–H groups in total. The van der Waals surface area contributed by atoms with Gasteiger partial charge in [-0.2, -0.15) is 5.10 Å². The molecule has 0 amide bonds. The lowest BCUT2D eigenvalue weighted by molar-refractivity contribution is 0.201. The molecule has 2 aromatic rings. The topological polar surface area (TPSA) is 78.1 Å². The van der Waals surface area contributed by atoms with Gasteiger partial charge in [-0.1, -0.05) is 36.6 Å². The Balaban J connectivity index is 1.50. The number of fused-ring (bicyclic) bond motifs is 1. The molecule has 1 aromatic heterocycles. The van der Waals surface area contributed by atoms with E-state index in [0.29, 0.717) is 5.92 Å². The van der Waals surface area contributed by atoms with Crippen molar-refractivity contribution in [1.29, 1.82) is 0 Å². The Morgan fingerprint density at radius 2 is 2.03 bits per heavy atom. The standard InChI is InChI=1S/C22H29ClN4O2S/c23-19-9-6-7-17(16-19)15-18-8-2-3-10-20-21(24-25-22(18)20)11-14-30(28,29)26-27-12-4-1-5-13-27/h6-7,9,11,14,16,18,26H,1-5,8,10,12-13,15H2,(H,24,25). The number of aromatic amines is 1. The van der Waals surface area contributed by atoms with Gasteiger partial charge < -0.3 is 0 Å². The maximum atomic E-state index is 12.5. The Hall–Kier alpha value is -1.67. The predicted octanol–water partition coefficient (Wildman–Crippen LogP) is 4.41. The SMILES string of the molecule is O=S(=O)(C=Cc1n[nH]c2c1CCCCC2Cc1cccc(Cl)c1)NN1CCCCC1. The van der Waals surface area contributed by atoms with Gasteiger partial charge in [0.2, 0.25) is 10.0 Å². The third-order valence-corrected chi connectivity index (χ3v) is 7.20. The number of rotatable bonds is 6. The zero-order valence-electron chi connectivity index (χ0n) is 17.1. The fraction of sp³-hybridized carbons (Fsp3) is 0.500. The number of piperidine rings is 1. The minimum absolute atomic E-state index is 0.332. The molecule has 30 heavy (non-hydrogen) atoms. The Labute approximate surface area is 183 Å². The van der Waals surface area contributed by atoms with E-state index in [1.807, 2.05) is 18.2 Å². The number of aromatic nitrogens is 2. The van der Waals surface area contributed by atoms with E-state index in [-0.39, 0.29) is 0 Å². The average molecular weight is 449 g/mol. The van der Waals surface area contributed by atoms with Crippen molar-refractivity contribution in [2.45, 2.75) is 57.3 Å². The van der Waals surface area contributed by atoms with E-state index in [2.05, 4.69) is 21.1 Å². The summed E-state index contributed by atoms with van der Waals surface area (Å²) in [6, 6.07) is 7.99. The molecule has 1 aliphatic heterocycles. The van der Waals surface area contributed by atoms with Crippen molar-refractivity contribution in [1.82, 2.24) is 20.0 Å². The van der Waals surface area contributed by atoms with E-state index >= 15 is 0 Å². The van der Waals surface area contributed by atoms with Gasteiger partial charge in [0.1, 0.15) is 0 Å². The molecule has 0 bridgehead atoms. The number of hydrazine groups is 1. The summed E-state index contributed by atoms with van der Waals surface area (Å²) < 4.78 is 25.0. The molecule has 1 unspecified atom stereocenters. The second-order valence-corrected chi connectivity index (χ2v) is 10.2. The quantitative estimate of drug-likeness (QED) is 0.641. The van der Waals surface area contributed by atoms with Crippen molar-refractivity contribution in [3.05, 3.63) is 57.2 Å². The normalized spacial score (nSPS) is 20.9. The number of nitrogens with zero attached hydrogens (tertiary/aromatic N) is 2. The summed E-state index contributed by atoms with van der Waals surface area (Å²) in [5.41, 5.74) is 4.21. The molecule has 2 aliphatic rings. The van der Waals surface area contributed by atoms with Crippen molar-refractivity contribution in [3.8, 4) is 0 Å². The summed E-state index contributed by atoms with van der Waals surface area (Å²) in [5.74, 6) is 0.332. The van der Waals surface area contributed by atoms with Crippen LogP contribution in [0.3, 0.4) is 0 Å². The van der Waals surface area contributed by atoms with Gasteiger partial charge in [-0.25, -0.2) is 13.4 Å². The zero-order chi connectivity index (χ0) is 21.0. The predicted molar refractivity (Wildman–Crippen MR) is 121 cm³/mol. The maximum absolute atomic E-state index is 12.5. The van der Waals surface area contributed by atoms with Crippen molar-refractivity contribution < 1.29 is 8.42 Å². The Morgan fingerprint density at radius 3 is 2.83 bits per heavy atom. The van der Waals surface area contributed by atoms with Crippen LogP contribution in [-0.4, -0.2) is 36.7 Å². The van der Waals surface area contributed by atoms with Crippen molar-refractivity contribution in [2.24, 2.45) is 0 Å². The largest absolute Gasteiger partial charge is 0.281 e. The molecule has 1 atom stereocenters. The lowest BCUT2D eigenvalue weighted by Crippen LogP contribution is -2.44. The van der Waals surface area contributed by atoms with Gasteiger partial charge in [-0.05, 0) is 62.3 Å². The first-order valence-corrected chi connectivity index (χ1v) is 12.7. The Kier molecular flexibility index (Phi) is 6.93. The van der Waals surface area contributed by atoms with Crippen molar-refractivity contribution in [2.75, 3.05) is 13.1 Å². The van der Waals surface area contributed by atoms with E-state index in [0.717, 1.165) is 86.4 Å². The number of halogens is 1. The molecule has 162 valence electrons. The third kappa shape index (κ3) is 5.52. The molecule has 2 heterocycles. The van der Waals surface area contributed by atoms with Crippen LogP contribution in [0.5, 0.6) is 0 Å². The highest BCUT2D eigenvalue weighted by atomic mass is 35.5. The number of sulfonamides is 1. The molecule has 6 nitrogen and oxygen atoms in total. The maximum Gasteiger partial charge on any atom is 0.246 e. The van der Waals surface area contributed by atoms with Gasteiger partial charge >= 0.3 is 0 Å². The van der Waals surface area contributed by atoms with E-state index in [1.165, 1.54) is 11.0 Å². The van der Waals surface area contributed by atoms with Crippen LogP contribution < -0.4 is 4.83 Å². The number of nitrogens with one attached hydrogen (secondary N) is 2. The highest BCUT2D eigenvalue weighted by molar-refractivity contribution is 7.92. The van der Waals surface area contributed by atoms with Gasteiger partial charge in [-0.15, -0.1) is 4.83 Å². The van der Waals surface area contributed by atoms with Crippen LogP contribution in [0.1, 0.15) is 67.0 Å². The van der Waals surface area contributed by atoms with Gasteiger partial charge in [0.05, 0.1) is 5.69 Å². The van der Waals surface area contributed by atoms with Crippen LogP contribution in [0, 0.1) is 0 Å². The van der Waals surface area contributed by atoms with Crippen molar-refractivity contribution in [3.63, 3.8) is 0 Å². The molecule has 1 aromatic carbocycles. The minimum Gasteiger partial charge on any atom is -0.281 e. The summed E-state index contributed by atoms with van der Waals surface area (Å²) >= 11 is 6.16. The molecular weight excluding hydrogens is 420 g/mol. The summed E-state index contributed by atoms with van der Waals surface area (Å²) in [5, 5.41) is 11.4. The van der Waals surface area contributed by atoms with Crippen LogP contribution in [-0.2, 0) is 22.9 Å². The van der Waals surface area contributed by atoms with Crippen molar-refractivity contribution >= 4 is 27.7 Å². The first kappa shape index (κ1) is 21.6. The lowest BCUT2D eigenvalue weighted by Gasteiger charge is -2.25. The minimum atomic E-state index is -3.53. The zero-order valence-corrected chi connectivity index (χ0v) is 18.7. The highest BCUT2D eigenvalue weighted by Crippen LogP contribution is 2.34. The molecule has 1 aliphatic carbocycles. The van der Waals surface area contributed by atoms with Gasteiger partial charge in [0.15, 0.2) is 0 Å². The molecule has 0 spiro atoms. The van der Waals surface area contributed by atoms with Gasteiger partial charge in [0, 0.05) is 40.7 Å². The second kappa shape index (κ2) is 9.64. The summed E-state index contributed by atoms with van der Waals surface area (Å²) in [6.07, 6.45) is 9.95. The Bertz CT molecular complexity index is 996. The molecule has 1 saturated heterocycles. The number of hydrogen-bond donors (Lipinski definition) is 2. The van der Waals surface area contributed by atoms with E-state index in [4.69, 9.17) is 11.6 Å². The monoisotopic (exact) mass is 448 g/mol. The molecular formula is C22H29ClN4O2S. The summed E-state index contributed by atoms with van der Waals surface area (Å²) in [4.78, 5) is 2.67. The third-order valence-electron chi connectivity index (χ3n) is 5.96. The molecule has 0 saturated carbocycles. The van der Waals surface area contributed by atoms with E-state index in [1.54, 1.807) is 11.1 Å². The van der Waals surface area contributed by atoms with Crippen LogP contribution in [0.2, 0.25) is 5.02 Å². The number of H-pyrrole nitrogens is 1. The molecule has 8 heteroatoms. The van der Waals surface area contributed by atoms with Crippen LogP contribution in [0.15, 0.2) is 29.7 Å². The molecule has 4 rings (SSSR count). The number of hydrogen-bond acceptors (Lipinski definition) is 4. The fourth-order valence-electron chi connectivity index (χ4n) is 4.47. The summed E-state index contributed by atoms with van der Waals surface area (Å²) in [7, 11) is -3.53.